The Morgan fingerprint density at radius 3 is 2.34 bits per heavy atom. The Kier molecular flexibility index (Phi) is 9.12. The van der Waals surface area contributed by atoms with Crippen LogP contribution in [0.5, 0.6) is 0 Å². The van der Waals surface area contributed by atoms with E-state index in [1.807, 2.05) is 13.8 Å². The van der Waals surface area contributed by atoms with Crippen molar-refractivity contribution in [2.45, 2.75) is 78.4 Å². The molecule has 2 saturated carbocycles. The van der Waals surface area contributed by atoms with Crippen molar-refractivity contribution in [2.24, 2.45) is 22.7 Å². The van der Waals surface area contributed by atoms with E-state index in [1.54, 1.807) is 21.3 Å². The molecule has 0 aliphatic heterocycles. The summed E-state index contributed by atoms with van der Waals surface area (Å²) in [6.45, 7) is 8.47. The third kappa shape index (κ3) is 4.67. The van der Waals surface area contributed by atoms with E-state index < -0.39 is 6.16 Å². The van der Waals surface area contributed by atoms with Crippen molar-refractivity contribution in [3.63, 3.8) is 0 Å². The highest BCUT2D eigenvalue weighted by atomic mass is 16.7. The van der Waals surface area contributed by atoms with Gasteiger partial charge in [-0.05, 0) is 31.6 Å². The van der Waals surface area contributed by atoms with Crippen LogP contribution in [0.1, 0.15) is 66.2 Å². The Bertz CT molecular complexity index is 741. The number of carbonyl (C=O) groups excluding carboxylic acids is 2. The van der Waals surface area contributed by atoms with Gasteiger partial charge < -0.3 is 18.9 Å². The van der Waals surface area contributed by atoms with Crippen LogP contribution >= 0.6 is 0 Å². The van der Waals surface area contributed by atoms with Crippen LogP contribution in [0.15, 0.2) is 23.3 Å². The summed E-state index contributed by atoms with van der Waals surface area (Å²) in [5.74, 6) is 1.04. The highest BCUT2D eigenvalue weighted by molar-refractivity contribution is 5.87. The van der Waals surface area contributed by atoms with Crippen molar-refractivity contribution in [3.05, 3.63) is 23.3 Å². The largest absolute Gasteiger partial charge is 0.508 e. The topological polar surface area (TPSA) is 71.1 Å². The van der Waals surface area contributed by atoms with Crippen molar-refractivity contribution < 1.29 is 28.5 Å². The number of methoxy groups -OCH3 is 3. The molecular weight excluding hydrogens is 408 g/mol. The van der Waals surface area contributed by atoms with Crippen LogP contribution in [0, 0.1) is 22.7 Å². The normalized spacial score (nSPS) is 37.1. The Labute approximate surface area is 193 Å². The molecule has 0 heterocycles. The summed E-state index contributed by atoms with van der Waals surface area (Å²) in [6, 6.07) is 0. The lowest BCUT2D eigenvalue weighted by molar-refractivity contribution is -0.127. The van der Waals surface area contributed by atoms with Gasteiger partial charge in [0.15, 0.2) is 0 Å². The van der Waals surface area contributed by atoms with Gasteiger partial charge in [0.25, 0.3) is 0 Å². The zero-order valence-corrected chi connectivity index (χ0v) is 21.2. The predicted octanol–water partition coefficient (Wildman–Crippen LogP) is 5.50. The standard InChI is InChI=1S/C22H30O5.C2H6O.C2H6/c1-21-9-7-14(27-20(24)26-4)11-13(21)12-17(25-3)19-15-5-6-18(23)22(15,2)10-8-16(19)21;1-3-2;1-2/h8,12,14-15,17,19H,5-7,9-11H2,1-4H3;1-2H3;1-2H3/t14?,15?,17?,19?,21-,22?;;/m0../s1. The zero-order chi connectivity index (χ0) is 24.1. The Morgan fingerprint density at radius 2 is 1.75 bits per heavy atom. The molecule has 32 heavy (non-hydrogen) atoms. The molecule has 0 aromatic carbocycles. The molecule has 0 N–H and O–H groups in total. The molecule has 6 heteroatoms. The third-order valence-corrected chi connectivity index (χ3v) is 7.86. The van der Waals surface area contributed by atoms with Gasteiger partial charge in [0.2, 0.25) is 0 Å². The van der Waals surface area contributed by atoms with Gasteiger partial charge in [-0.25, -0.2) is 4.79 Å². The van der Waals surface area contributed by atoms with Gasteiger partial charge in [-0.1, -0.05) is 51.0 Å². The average Bonchev–Trinajstić information content (AvgIpc) is 3.10. The number of carbonyl (C=O) groups is 2. The number of fused-ring (bicyclic) bond motifs is 5. The molecule has 0 aromatic heterocycles. The number of hydrogen-bond acceptors (Lipinski definition) is 6. The molecule has 0 bridgehead atoms. The van der Waals surface area contributed by atoms with E-state index in [1.165, 1.54) is 18.3 Å². The fourth-order valence-electron chi connectivity index (χ4n) is 6.18. The monoisotopic (exact) mass is 450 g/mol. The smallest absolute Gasteiger partial charge is 0.438 e. The molecule has 182 valence electrons. The van der Waals surface area contributed by atoms with E-state index in [0.717, 1.165) is 32.1 Å². The first-order chi connectivity index (χ1) is 15.2. The minimum Gasteiger partial charge on any atom is -0.438 e. The van der Waals surface area contributed by atoms with Gasteiger partial charge in [-0.3, -0.25) is 4.79 Å². The highest BCUT2D eigenvalue weighted by Crippen LogP contribution is 2.62. The summed E-state index contributed by atoms with van der Waals surface area (Å²) < 4.78 is 20.3. The summed E-state index contributed by atoms with van der Waals surface area (Å²) in [7, 11) is 6.35. The fourth-order valence-corrected chi connectivity index (χ4v) is 6.18. The third-order valence-electron chi connectivity index (χ3n) is 7.86. The van der Waals surface area contributed by atoms with Gasteiger partial charge >= 0.3 is 6.16 Å². The van der Waals surface area contributed by atoms with Crippen LogP contribution in [0.4, 0.5) is 4.79 Å². The number of allylic oxidation sites excluding steroid dienone is 1. The van der Waals surface area contributed by atoms with Crippen molar-refractivity contribution in [1.82, 2.24) is 0 Å². The van der Waals surface area contributed by atoms with E-state index in [2.05, 4.69) is 35.5 Å². The molecule has 2 fully saturated rings. The van der Waals surface area contributed by atoms with Crippen molar-refractivity contribution in [1.29, 1.82) is 0 Å². The molecule has 4 aliphatic rings. The molecule has 4 rings (SSSR count). The molecule has 4 aliphatic carbocycles. The van der Waals surface area contributed by atoms with Crippen molar-refractivity contribution >= 4 is 11.9 Å². The second-order valence-electron chi connectivity index (χ2n) is 9.44. The van der Waals surface area contributed by atoms with Crippen LogP contribution in [-0.2, 0) is 23.7 Å². The van der Waals surface area contributed by atoms with Crippen LogP contribution in [0.2, 0.25) is 0 Å². The molecule has 0 saturated heterocycles. The van der Waals surface area contributed by atoms with Crippen molar-refractivity contribution in [3.8, 4) is 0 Å². The first-order valence-corrected chi connectivity index (χ1v) is 11.9. The lowest BCUT2D eigenvalue weighted by atomic mass is 9.52. The fraction of sp³-hybridized carbons (Fsp3) is 0.769. The first kappa shape index (κ1) is 26.6. The van der Waals surface area contributed by atoms with E-state index in [-0.39, 0.29) is 29.0 Å². The minimum atomic E-state index is -0.613. The number of rotatable bonds is 2. The van der Waals surface area contributed by atoms with Gasteiger partial charge in [-0.2, -0.15) is 0 Å². The zero-order valence-electron chi connectivity index (χ0n) is 21.2. The number of ether oxygens (including phenoxy) is 4. The Morgan fingerprint density at radius 1 is 1.09 bits per heavy atom. The number of ketones is 1. The summed E-state index contributed by atoms with van der Waals surface area (Å²) in [5.41, 5.74) is 2.48. The minimum absolute atomic E-state index is 0.0215. The van der Waals surface area contributed by atoms with Gasteiger partial charge in [0.1, 0.15) is 11.9 Å². The molecule has 6 nitrogen and oxygen atoms in total. The number of Topliss-reactive ketones (excluding diaryl/α,β-unsaturated/α-hetero) is 1. The molecular formula is C26H42O6. The number of hydrogen-bond donors (Lipinski definition) is 0. The highest BCUT2D eigenvalue weighted by Gasteiger charge is 2.58. The predicted molar refractivity (Wildman–Crippen MR) is 124 cm³/mol. The van der Waals surface area contributed by atoms with Crippen LogP contribution in [0.3, 0.4) is 0 Å². The second kappa shape index (κ2) is 11.0. The molecule has 0 radical (unpaired) electrons. The molecule has 5 unspecified atom stereocenters. The average molecular weight is 451 g/mol. The molecule has 0 amide bonds. The summed E-state index contributed by atoms with van der Waals surface area (Å²) in [6.07, 6.45) is 8.79. The van der Waals surface area contributed by atoms with E-state index in [9.17, 15) is 9.59 Å². The maximum absolute atomic E-state index is 12.6. The molecule has 0 spiro atoms. The lowest BCUT2D eigenvalue weighted by Gasteiger charge is -2.54. The summed E-state index contributed by atoms with van der Waals surface area (Å²) in [4.78, 5) is 24.1. The maximum atomic E-state index is 12.6. The lowest BCUT2D eigenvalue weighted by Crippen LogP contribution is -2.50. The quantitative estimate of drug-likeness (QED) is 0.408. The summed E-state index contributed by atoms with van der Waals surface area (Å²) >= 11 is 0. The van der Waals surface area contributed by atoms with Gasteiger partial charge in [-0.15, -0.1) is 0 Å². The molecule has 0 aromatic rings. The van der Waals surface area contributed by atoms with E-state index >= 15 is 0 Å². The van der Waals surface area contributed by atoms with Crippen LogP contribution < -0.4 is 0 Å². The maximum Gasteiger partial charge on any atom is 0.508 e. The van der Waals surface area contributed by atoms with Crippen LogP contribution in [0.25, 0.3) is 0 Å². The second-order valence-corrected chi connectivity index (χ2v) is 9.44. The SMILES string of the molecule is CC.COC.COC(=O)OC1CC[C@@]2(C)C(=CC(OC)C3C2=CCC2(C)C(=O)CCC32)C1. The summed E-state index contributed by atoms with van der Waals surface area (Å²) in [5, 5.41) is 0. The molecule has 6 atom stereocenters. The Hall–Kier alpha value is -1.66. The first-order valence-electron chi connectivity index (χ1n) is 11.9. The van der Waals surface area contributed by atoms with Crippen molar-refractivity contribution in [2.75, 3.05) is 28.4 Å². The Balaban J connectivity index is 0.000000671. The van der Waals surface area contributed by atoms with Crippen LogP contribution in [-0.4, -0.2) is 52.6 Å². The van der Waals surface area contributed by atoms with Gasteiger partial charge in [0.05, 0.1) is 13.2 Å². The van der Waals surface area contributed by atoms with Gasteiger partial charge in [0, 0.05) is 50.9 Å². The van der Waals surface area contributed by atoms with E-state index in [0.29, 0.717) is 18.1 Å². The van der Waals surface area contributed by atoms with E-state index in [4.69, 9.17) is 9.47 Å².